The normalized spacial score (nSPS) is 16.3. The van der Waals surface area contributed by atoms with E-state index in [0.717, 1.165) is 12.2 Å². The minimum Gasteiger partial charge on any atom is -0.492 e. The van der Waals surface area contributed by atoms with Gasteiger partial charge in [-0.1, -0.05) is 48.5 Å². The Bertz CT molecular complexity index is 218. The first-order valence-electron chi connectivity index (χ1n) is 5.72. The Balaban J connectivity index is 4.69. The molecule has 2 nitrogen and oxygen atoms in total. The summed E-state index contributed by atoms with van der Waals surface area (Å²) in [5, 5.41) is 0. The number of hydrogen-bond donors (Lipinski definition) is 1. The number of rotatable bonds is 3. The highest BCUT2D eigenvalue weighted by atomic mass is 16.5. The lowest BCUT2D eigenvalue weighted by atomic mass is 9.86. The van der Waals surface area contributed by atoms with E-state index in [1.807, 2.05) is 0 Å². The van der Waals surface area contributed by atoms with Gasteiger partial charge in [0.05, 0.1) is 0 Å². The topological polar surface area (TPSA) is 35.2 Å². The van der Waals surface area contributed by atoms with Gasteiger partial charge in [0, 0.05) is 11.6 Å². The third-order valence-corrected chi connectivity index (χ3v) is 2.50. The Kier molecular flexibility index (Phi) is 4.69. The molecule has 0 fully saturated rings. The molecule has 0 aliphatic heterocycles. The van der Waals surface area contributed by atoms with E-state index in [0.29, 0.717) is 0 Å². The molecule has 0 aromatic heterocycles. The molecule has 0 spiro atoms. The van der Waals surface area contributed by atoms with Crippen molar-refractivity contribution < 1.29 is 4.74 Å². The molecule has 0 saturated heterocycles. The lowest BCUT2D eigenvalue weighted by Crippen LogP contribution is -2.31. The summed E-state index contributed by atoms with van der Waals surface area (Å²) in [6.45, 7) is 15.1. The summed E-state index contributed by atoms with van der Waals surface area (Å²) in [5.74, 6) is 0.879. The van der Waals surface area contributed by atoms with Crippen LogP contribution in [0, 0.1) is 10.8 Å². The molecule has 0 radical (unpaired) electrons. The van der Waals surface area contributed by atoms with Crippen molar-refractivity contribution in [2.24, 2.45) is 16.6 Å². The van der Waals surface area contributed by atoms with Crippen LogP contribution in [0.15, 0.2) is 12.0 Å². The quantitative estimate of drug-likeness (QED) is 0.726. The molecule has 1 unspecified atom stereocenters. The van der Waals surface area contributed by atoms with E-state index in [-0.39, 0.29) is 16.9 Å². The second-order valence-electron chi connectivity index (χ2n) is 6.16. The van der Waals surface area contributed by atoms with Crippen molar-refractivity contribution in [3.05, 3.63) is 12.0 Å². The van der Waals surface area contributed by atoms with Crippen LogP contribution in [-0.2, 0) is 4.74 Å². The van der Waals surface area contributed by atoms with Gasteiger partial charge in [0.1, 0.15) is 11.9 Å². The van der Waals surface area contributed by atoms with Gasteiger partial charge in [-0.25, -0.2) is 0 Å². The van der Waals surface area contributed by atoms with E-state index in [1.54, 1.807) is 6.20 Å². The molecule has 1 atom stereocenters. The Morgan fingerprint density at radius 1 is 1.20 bits per heavy atom. The lowest BCUT2D eigenvalue weighted by Gasteiger charge is -2.34. The van der Waals surface area contributed by atoms with Crippen LogP contribution < -0.4 is 5.73 Å². The zero-order valence-corrected chi connectivity index (χ0v) is 11.3. The van der Waals surface area contributed by atoms with Crippen LogP contribution in [0.25, 0.3) is 0 Å². The lowest BCUT2D eigenvalue weighted by molar-refractivity contribution is 0.000817. The largest absolute Gasteiger partial charge is 0.492 e. The zero-order valence-electron chi connectivity index (χ0n) is 11.3. The SMILES string of the molecule is CCC(O/C(=C\N)C(C)(C)C)C(C)(C)C. The summed E-state index contributed by atoms with van der Waals surface area (Å²) in [4.78, 5) is 0. The predicted octanol–water partition coefficient (Wildman–Crippen LogP) is 3.67. The highest BCUT2D eigenvalue weighted by Crippen LogP contribution is 2.32. The molecule has 0 aromatic carbocycles. The molecule has 0 aromatic rings. The molecule has 0 rings (SSSR count). The fraction of sp³-hybridized carbons (Fsp3) is 0.846. The number of allylic oxidation sites excluding steroid dienone is 1. The Hall–Kier alpha value is -0.660. The summed E-state index contributed by atoms with van der Waals surface area (Å²) in [6, 6.07) is 0. The van der Waals surface area contributed by atoms with Crippen molar-refractivity contribution in [1.82, 2.24) is 0 Å². The van der Waals surface area contributed by atoms with E-state index in [4.69, 9.17) is 10.5 Å². The molecule has 2 N–H and O–H groups in total. The number of nitrogens with two attached hydrogens (primary N) is 1. The average molecular weight is 213 g/mol. The van der Waals surface area contributed by atoms with E-state index in [2.05, 4.69) is 48.5 Å². The van der Waals surface area contributed by atoms with E-state index < -0.39 is 0 Å². The van der Waals surface area contributed by atoms with Crippen LogP contribution >= 0.6 is 0 Å². The molecule has 0 bridgehead atoms. The van der Waals surface area contributed by atoms with E-state index in [9.17, 15) is 0 Å². The summed E-state index contributed by atoms with van der Waals surface area (Å²) in [7, 11) is 0. The molecule has 2 heteroatoms. The molecule has 15 heavy (non-hydrogen) atoms. The zero-order chi connectivity index (χ0) is 12.3. The maximum absolute atomic E-state index is 6.01. The van der Waals surface area contributed by atoms with Crippen molar-refractivity contribution in [2.45, 2.75) is 61.0 Å². The van der Waals surface area contributed by atoms with Gasteiger partial charge in [-0.2, -0.15) is 0 Å². The van der Waals surface area contributed by atoms with Gasteiger partial charge in [0.15, 0.2) is 0 Å². The van der Waals surface area contributed by atoms with Crippen molar-refractivity contribution in [3.8, 4) is 0 Å². The molecular formula is C13H27NO. The molecule has 0 saturated carbocycles. The fourth-order valence-electron chi connectivity index (χ4n) is 1.49. The van der Waals surface area contributed by atoms with Gasteiger partial charge in [-0.05, 0) is 11.8 Å². The molecule has 90 valence electrons. The van der Waals surface area contributed by atoms with Gasteiger partial charge in [-0.3, -0.25) is 0 Å². The molecule has 0 aliphatic carbocycles. The maximum atomic E-state index is 6.01. The summed E-state index contributed by atoms with van der Waals surface area (Å²) >= 11 is 0. The van der Waals surface area contributed by atoms with Gasteiger partial charge < -0.3 is 10.5 Å². The Morgan fingerprint density at radius 3 is 1.87 bits per heavy atom. The van der Waals surface area contributed by atoms with Crippen molar-refractivity contribution in [2.75, 3.05) is 0 Å². The second kappa shape index (κ2) is 4.91. The van der Waals surface area contributed by atoms with Crippen LogP contribution in [-0.4, -0.2) is 6.10 Å². The summed E-state index contributed by atoms with van der Waals surface area (Å²) in [6.07, 6.45) is 2.80. The Labute approximate surface area is 94.9 Å². The first-order chi connectivity index (χ1) is 6.62. The number of ether oxygens (including phenoxy) is 1. The van der Waals surface area contributed by atoms with Gasteiger partial charge in [-0.15, -0.1) is 0 Å². The summed E-state index contributed by atoms with van der Waals surface area (Å²) in [5.41, 5.74) is 5.74. The van der Waals surface area contributed by atoms with Crippen LogP contribution in [0.4, 0.5) is 0 Å². The average Bonchev–Trinajstić information content (AvgIpc) is 2.01. The van der Waals surface area contributed by atoms with Crippen LogP contribution in [0.5, 0.6) is 0 Å². The van der Waals surface area contributed by atoms with Crippen molar-refractivity contribution >= 4 is 0 Å². The van der Waals surface area contributed by atoms with Crippen LogP contribution in [0.1, 0.15) is 54.9 Å². The standard InChI is InChI=1S/C13H27NO/c1-8-10(12(2,3)4)15-11(9-14)13(5,6)7/h9-10H,8,14H2,1-7H3/b11-9-. The number of hydrogen-bond acceptors (Lipinski definition) is 2. The Morgan fingerprint density at radius 2 is 1.67 bits per heavy atom. The van der Waals surface area contributed by atoms with Crippen molar-refractivity contribution in [1.29, 1.82) is 0 Å². The van der Waals surface area contributed by atoms with Gasteiger partial charge in [0.25, 0.3) is 0 Å². The van der Waals surface area contributed by atoms with Crippen LogP contribution in [0.2, 0.25) is 0 Å². The first kappa shape index (κ1) is 14.3. The third kappa shape index (κ3) is 4.59. The van der Waals surface area contributed by atoms with Crippen LogP contribution in [0.3, 0.4) is 0 Å². The molecule has 0 heterocycles. The molecule has 0 aliphatic rings. The third-order valence-electron chi connectivity index (χ3n) is 2.50. The molecular weight excluding hydrogens is 186 g/mol. The van der Waals surface area contributed by atoms with Gasteiger partial charge >= 0.3 is 0 Å². The van der Waals surface area contributed by atoms with Crippen molar-refractivity contribution in [3.63, 3.8) is 0 Å². The highest BCUT2D eigenvalue weighted by Gasteiger charge is 2.28. The smallest absolute Gasteiger partial charge is 0.117 e. The highest BCUT2D eigenvalue weighted by molar-refractivity contribution is 5.02. The van der Waals surface area contributed by atoms with Gasteiger partial charge in [0.2, 0.25) is 0 Å². The molecule has 0 amide bonds. The fourth-order valence-corrected chi connectivity index (χ4v) is 1.49. The summed E-state index contributed by atoms with van der Waals surface area (Å²) < 4.78 is 6.01. The maximum Gasteiger partial charge on any atom is 0.117 e. The van der Waals surface area contributed by atoms with E-state index >= 15 is 0 Å². The predicted molar refractivity (Wildman–Crippen MR) is 66.3 cm³/mol. The monoisotopic (exact) mass is 213 g/mol. The minimum atomic E-state index is -0.0204. The first-order valence-corrected chi connectivity index (χ1v) is 5.72. The van der Waals surface area contributed by atoms with E-state index in [1.165, 1.54) is 0 Å². The second-order valence-corrected chi connectivity index (χ2v) is 6.16. The minimum absolute atomic E-state index is 0.0204.